The van der Waals surface area contributed by atoms with Gasteiger partial charge in [0.15, 0.2) is 0 Å². The zero-order valence-corrected chi connectivity index (χ0v) is 74.0. The molecule has 4 saturated carbocycles. The molecule has 21 rings (SSSR count). The minimum Gasteiger partial charge on any atom is -0.511 e. The molecule has 0 radical (unpaired) electrons. The van der Waals surface area contributed by atoms with E-state index in [1.165, 1.54) is 71.9 Å². The number of benzene rings is 13. The van der Waals surface area contributed by atoms with Crippen molar-refractivity contribution in [1.82, 2.24) is 4.98 Å². The molecule has 14 aromatic rings. The third-order valence-corrected chi connectivity index (χ3v) is 34.6. The number of hydrogen-bond donors (Lipinski definition) is 7. The highest BCUT2D eigenvalue weighted by Crippen LogP contribution is 2.66. The number of aromatic nitrogens is 1. The van der Waals surface area contributed by atoms with E-state index in [4.69, 9.17) is 53.9 Å². The lowest BCUT2D eigenvalue weighted by atomic mass is 9.50. The predicted molar refractivity (Wildman–Crippen MR) is 496 cm³/mol. The van der Waals surface area contributed by atoms with E-state index in [0.29, 0.717) is 121 Å². The molecule has 1 heterocycles. The molecule has 4 fully saturated rings. The number of aromatic hydroxyl groups is 3. The number of nitrogens with zero attached hydrogens (tertiary/aromatic N) is 1. The quantitative estimate of drug-likeness (QED) is 0.0155. The standard InChI is InChI=1S/C105H117NO11S3/c1-10-15-24-52-39-71-80(120(112)14-5)44-70-63(36-35-60-67-40-54-38-53-37-51-27-20-33-78(116-9)66(51)41-64(53)74(49-117-13-4)65(54)42-68(67)73(46-113-6)59-31-21-34-79(118)83(59)60)102(109)89-76(48-115-8)90-93-88-72(45-106-100-75(47-114-7)69-43-77(107)105(119)98-82(52)91-87(71)85(70)92(89)96(93)95(91)94(86(69)98)97(88)100)62(101(90)108)32-19-26-50-25-18-30-58-57(23-12-3)84-56(22-11-2)55-28-16-17-29-61(55)103(110)99(84)104(111)81(50)58/h18,21,25,30-31,34,39,43-45,51,53-56,61,64-66,74,78,103,105,107-111,118-119H,10-17,19-20,22-24,26-29,32-33,35-38,40-42,46-49H2,1-9H3. The highest BCUT2D eigenvalue weighted by Gasteiger charge is 2.54. The molecule has 7 aliphatic carbocycles. The molecule has 14 atom stereocenters. The number of hydrogen-bond acceptors (Lipinski definition) is 14. The molecule has 0 amide bonds. The Morgan fingerprint density at radius 3 is 1.90 bits per heavy atom. The van der Waals surface area contributed by atoms with Gasteiger partial charge in [0.2, 0.25) is 0 Å². The Balaban J connectivity index is 0.818. The maximum absolute atomic E-state index is 15.7. The molecule has 7 aliphatic rings. The zero-order valence-electron chi connectivity index (χ0n) is 71.4. The summed E-state index contributed by atoms with van der Waals surface area (Å²) < 4.78 is 47.9. The third-order valence-electron chi connectivity index (χ3n) is 32.4. The first-order chi connectivity index (χ1) is 58.6. The zero-order chi connectivity index (χ0) is 82.4. The van der Waals surface area contributed by atoms with Crippen LogP contribution < -0.4 is 0 Å². The van der Waals surface area contributed by atoms with Gasteiger partial charge in [0.25, 0.3) is 0 Å². The lowest BCUT2D eigenvalue weighted by molar-refractivity contribution is -0.103. The molecular formula is C105H117NO11S3. The molecule has 0 bridgehead atoms. The lowest BCUT2D eigenvalue weighted by Gasteiger charge is -2.56. The van der Waals surface area contributed by atoms with Crippen LogP contribution in [0.3, 0.4) is 0 Å². The molecule has 0 aliphatic heterocycles. The Kier molecular flexibility index (Phi) is 20.7. The van der Waals surface area contributed by atoms with Crippen LogP contribution in [-0.2, 0) is 106 Å². The molecule has 0 spiro atoms. The van der Waals surface area contributed by atoms with E-state index in [1.807, 2.05) is 33.4 Å². The van der Waals surface area contributed by atoms with E-state index in [9.17, 15) is 25.5 Å². The van der Waals surface area contributed by atoms with Crippen LogP contribution in [0.4, 0.5) is 0 Å². The van der Waals surface area contributed by atoms with Crippen LogP contribution in [0.2, 0.25) is 0 Å². The molecule has 5 N–H and O–H groups in total. The van der Waals surface area contributed by atoms with Gasteiger partial charge in [0, 0.05) is 150 Å². The second kappa shape index (κ2) is 31.1. The average molecular weight is 1670 g/mol. The van der Waals surface area contributed by atoms with Crippen molar-refractivity contribution >= 4 is 161 Å². The van der Waals surface area contributed by atoms with Crippen molar-refractivity contribution < 1.29 is 53.4 Å². The monoisotopic (exact) mass is 1660 g/mol. The van der Waals surface area contributed by atoms with Gasteiger partial charge in [0.05, 0.1) is 53.6 Å². The number of phenols is 3. The molecule has 12 nitrogen and oxygen atoms in total. The van der Waals surface area contributed by atoms with E-state index < -0.39 is 22.2 Å². The van der Waals surface area contributed by atoms with Crippen LogP contribution in [0.15, 0.2) is 70.3 Å². The van der Waals surface area contributed by atoms with Crippen molar-refractivity contribution in [3.8, 4) is 17.2 Å². The highest BCUT2D eigenvalue weighted by atomic mass is 32.2. The first-order valence-electron chi connectivity index (χ1n) is 45.9. The topological polar surface area (TPSA) is 177 Å². The van der Waals surface area contributed by atoms with E-state index in [1.54, 1.807) is 14.2 Å². The molecule has 120 heavy (non-hydrogen) atoms. The van der Waals surface area contributed by atoms with Crippen LogP contribution >= 0.6 is 25.3 Å². The number of unbranched alkanes of at least 4 members (excludes halogenated alkanes) is 1. The smallest absolute Gasteiger partial charge is 0.129 e. The number of methoxy groups -OCH3 is 4. The fourth-order valence-electron chi connectivity index (χ4n) is 27.9. The minimum atomic E-state index is -1.49. The highest BCUT2D eigenvalue weighted by molar-refractivity contribution is 7.85. The summed E-state index contributed by atoms with van der Waals surface area (Å²) in [6.45, 7) is 13.1. The van der Waals surface area contributed by atoms with Gasteiger partial charge in [-0.05, 0) is 315 Å². The molecule has 14 unspecified atom stereocenters. The average Bonchev–Trinajstić information content (AvgIpc) is 0.640. The van der Waals surface area contributed by atoms with Gasteiger partial charge in [-0.25, -0.2) is 0 Å². The van der Waals surface area contributed by atoms with Crippen LogP contribution in [-0.4, -0.2) is 88.2 Å². The predicted octanol–water partition coefficient (Wildman–Crippen LogP) is 24.6. The number of fused-ring (bicyclic) bond motifs is 9. The van der Waals surface area contributed by atoms with Gasteiger partial charge in [-0.1, -0.05) is 96.6 Å². The SMILES string of the molecule is CCCCc1cc2c(S(=O)CC)cc3c(CCc4c5c(c(COC)c6cccc(S)c46)CC4C(C5)CC5CC6CCCC(OC)C6CC5C4COCC)c(O)c4c(COC)c5c(O)c(CCCc6cccc7c(CCC)c8c(c(O)c67)C(O)C6CCCCC6C8CCC)c6cnc7c(COC)c8c9c(c1c1c2c3c4c2c5c6c7c9c12)C(S)C(O)=C8. The summed E-state index contributed by atoms with van der Waals surface area (Å²) in [5.74, 6) is 5.51. The summed E-state index contributed by atoms with van der Waals surface area (Å²) in [5, 5.41) is 86.8. The molecular weight excluding hydrogens is 1550 g/mol. The Morgan fingerprint density at radius 1 is 0.500 bits per heavy atom. The van der Waals surface area contributed by atoms with Crippen LogP contribution in [0.25, 0.3) is 125 Å². The Morgan fingerprint density at radius 2 is 1.17 bits per heavy atom. The normalized spacial score (nSPS) is 24.6. The first kappa shape index (κ1) is 79.9. The first-order valence-corrected chi connectivity index (χ1v) is 48.2. The largest absolute Gasteiger partial charge is 0.511 e. The third kappa shape index (κ3) is 11.5. The second-order valence-corrected chi connectivity index (χ2v) is 40.5. The van der Waals surface area contributed by atoms with Crippen LogP contribution in [0.1, 0.15) is 238 Å². The Labute approximate surface area is 717 Å². The number of phenolic OH excluding ortho intramolecular Hbond substituents is 3. The Hall–Kier alpha value is -7.28. The second-order valence-electron chi connectivity index (χ2n) is 37.8. The number of rotatable bonds is 26. The number of thiol groups is 2. The fourth-order valence-corrected chi connectivity index (χ4v) is 29.6. The summed E-state index contributed by atoms with van der Waals surface area (Å²) in [6, 6.07) is 17.6. The maximum Gasteiger partial charge on any atom is 0.129 e. The number of pyridine rings is 1. The van der Waals surface area contributed by atoms with Crippen LogP contribution in [0, 0.1) is 53.3 Å². The number of ether oxygens (including phenoxy) is 5. The van der Waals surface area contributed by atoms with E-state index >= 15 is 4.21 Å². The summed E-state index contributed by atoms with van der Waals surface area (Å²) in [5.41, 5.74) is 16.2. The van der Waals surface area contributed by atoms with E-state index in [0.717, 1.165) is 252 Å². The van der Waals surface area contributed by atoms with Gasteiger partial charge < -0.3 is 49.2 Å². The molecule has 15 heteroatoms. The number of aryl methyl sites for hydroxylation is 6. The maximum atomic E-state index is 15.7. The Bertz CT molecular complexity index is 6480. The minimum absolute atomic E-state index is 0.0513. The number of aliphatic hydroxyl groups excluding tert-OH is 2. The molecule has 0 saturated heterocycles. The van der Waals surface area contributed by atoms with E-state index in [-0.39, 0.29) is 48.1 Å². The van der Waals surface area contributed by atoms with E-state index in [2.05, 4.69) is 76.2 Å². The summed E-state index contributed by atoms with van der Waals surface area (Å²) >= 11 is 11.1. The summed E-state index contributed by atoms with van der Waals surface area (Å²) in [7, 11) is 5.73. The van der Waals surface area contributed by atoms with Gasteiger partial charge in [0.1, 0.15) is 23.0 Å². The fraction of sp³-hybridized carbons (Fsp3) is 0.495. The van der Waals surface area contributed by atoms with Crippen molar-refractivity contribution in [3.05, 3.63) is 144 Å². The van der Waals surface area contributed by atoms with Crippen molar-refractivity contribution in [3.63, 3.8) is 0 Å². The number of aliphatic hydroxyl groups is 2. The molecule has 1 aromatic heterocycles. The van der Waals surface area contributed by atoms with Gasteiger partial charge in [-0.15, -0.1) is 12.6 Å². The molecule has 626 valence electrons. The van der Waals surface area contributed by atoms with Crippen molar-refractivity contribution in [1.29, 1.82) is 0 Å². The van der Waals surface area contributed by atoms with Crippen molar-refractivity contribution in [2.45, 2.75) is 242 Å². The van der Waals surface area contributed by atoms with Crippen LogP contribution in [0.5, 0.6) is 17.2 Å². The summed E-state index contributed by atoms with van der Waals surface area (Å²) in [4.78, 5) is 7.26. The van der Waals surface area contributed by atoms with Crippen molar-refractivity contribution in [2.24, 2.45) is 53.3 Å². The summed E-state index contributed by atoms with van der Waals surface area (Å²) in [6.07, 6.45) is 26.0. The van der Waals surface area contributed by atoms with Crippen molar-refractivity contribution in [2.75, 3.05) is 47.4 Å². The van der Waals surface area contributed by atoms with Gasteiger partial charge in [-0.3, -0.25) is 9.19 Å². The van der Waals surface area contributed by atoms with Gasteiger partial charge >= 0.3 is 0 Å². The lowest BCUT2D eigenvalue weighted by Crippen LogP contribution is -2.51. The van der Waals surface area contributed by atoms with Gasteiger partial charge in [-0.2, -0.15) is 12.6 Å². The molecule has 13 aromatic carbocycles.